The van der Waals surface area contributed by atoms with Crippen LogP contribution in [-0.2, 0) is 0 Å². The Kier molecular flexibility index (Phi) is 4.49. The summed E-state index contributed by atoms with van der Waals surface area (Å²) in [5.41, 5.74) is 0.933. The number of unbranched alkanes of at least 4 members (excludes halogenated alkanes) is 1. The lowest BCUT2D eigenvalue weighted by atomic mass is 10.2. The summed E-state index contributed by atoms with van der Waals surface area (Å²) in [5.74, 6) is 1.99. The van der Waals surface area contributed by atoms with Crippen LogP contribution in [0.3, 0.4) is 0 Å². The van der Waals surface area contributed by atoms with Crippen LogP contribution < -0.4 is 4.74 Å². The van der Waals surface area contributed by atoms with Gasteiger partial charge < -0.3 is 4.74 Å². The van der Waals surface area contributed by atoms with Crippen LogP contribution in [0.1, 0.15) is 45.4 Å². The Morgan fingerprint density at radius 2 is 2.16 bits per heavy atom. The molecule has 0 aliphatic carbocycles. The van der Waals surface area contributed by atoms with E-state index in [2.05, 4.69) is 36.3 Å². The number of nitrogens with zero attached hydrogens (tertiary/aromatic N) is 4. The summed E-state index contributed by atoms with van der Waals surface area (Å²) in [6.07, 6.45) is 2.19. The summed E-state index contributed by atoms with van der Waals surface area (Å²) in [4.78, 5) is 0. The van der Waals surface area contributed by atoms with Gasteiger partial charge in [-0.3, -0.25) is 0 Å². The molecule has 0 aliphatic heterocycles. The van der Waals surface area contributed by atoms with Gasteiger partial charge >= 0.3 is 0 Å². The van der Waals surface area contributed by atoms with Crippen LogP contribution in [0.4, 0.5) is 0 Å². The Bertz CT molecular complexity index is 522. The molecule has 0 aliphatic rings. The molecule has 5 heteroatoms. The topological polar surface area (TPSA) is 52.8 Å². The Balaban J connectivity index is 2.20. The molecule has 19 heavy (non-hydrogen) atoms. The van der Waals surface area contributed by atoms with E-state index >= 15 is 0 Å². The molecule has 0 unspecified atom stereocenters. The Morgan fingerprint density at radius 3 is 2.89 bits per heavy atom. The van der Waals surface area contributed by atoms with E-state index in [1.54, 1.807) is 4.68 Å². The van der Waals surface area contributed by atoms with E-state index in [0.29, 0.717) is 0 Å². The molecule has 0 fully saturated rings. The molecule has 102 valence electrons. The van der Waals surface area contributed by atoms with Gasteiger partial charge in [0.25, 0.3) is 0 Å². The van der Waals surface area contributed by atoms with Crippen molar-refractivity contribution in [3.63, 3.8) is 0 Å². The molecule has 1 aromatic heterocycles. The predicted octanol–water partition coefficient (Wildman–Crippen LogP) is 2.96. The maximum absolute atomic E-state index is 5.70. The highest BCUT2D eigenvalue weighted by atomic mass is 16.5. The number of hydrogen-bond donors (Lipinski definition) is 0. The number of aromatic nitrogens is 4. The second-order valence-electron chi connectivity index (χ2n) is 4.80. The monoisotopic (exact) mass is 260 g/mol. The standard InChI is InChI=1S/C14H20N4O/c1-4-5-9-19-13-8-6-7-12(10-13)18-14(11(2)3)15-16-17-18/h6-8,10-11H,4-5,9H2,1-3H3. The molecule has 0 bridgehead atoms. The maximum Gasteiger partial charge on any atom is 0.159 e. The predicted molar refractivity (Wildman–Crippen MR) is 73.6 cm³/mol. The highest BCUT2D eigenvalue weighted by Gasteiger charge is 2.12. The third-order valence-corrected chi connectivity index (χ3v) is 2.84. The number of benzene rings is 1. The highest BCUT2D eigenvalue weighted by Crippen LogP contribution is 2.19. The van der Waals surface area contributed by atoms with Crippen molar-refractivity contribution in [2.24, 2.45) is 0 Å². The van der Waals surface area contributed by atoms with E-state index < -0.39 is 0 Å². The van der Waals surface area contributed by atoms with E-state index in [0.717, 1.165) is 36.7 Å². The SMILES string of the molecule is CCCCOc1cccc(-n2nnnc2C(C)C)c1. The van der Waals surface area contributed by atoms with E-state index in [1.165, 1.54) is 0 Å². The van der Waals surface area contributed by atoms with Crippen LogP contribution >= 0.6 is 0 Å². The fourth-order valence-electron chi connectivity index (χ4n) is 1.78. The van der Waals surface area contributed by atoms with Crippen molar-refractivity contribution in [1.82, 2.24) is 20.2 Å². The Labute approximate surface area is 113 Å². The summed E-state index contributed by atoms with van der Waals surface area (Å²) in [7, 11) is 0. The summed E-state index contributed by atoms with van der Waals surface area (Å²) in [6.45, 7) is 7.04. The highest BCUT2D eigenvalue weighted by molar-refractivity contribution is 5.39. The lowest BCUT2D eigenvalue weighted by Crippen LogP contribution is -2.05. The van der Waals surface area contributed by atoms with Gasteiger partial charge in [0.2, 0.25) is 0 Å². The van der Waals surface area contributed by atoms with E-state index in [4.69, 9.17) is 4.74 Å². The minimum Gasteiger partial charge on any atom is -0.494 e. The molecule has 0 amide bonds. The second-order valence-corrected chi connectivity index (χ2v) is 4.80. The third-order valence-electron chi connectivity index (χ3n) is 2.84. The molecule has 0 saturated carbocycles. The number of hydrogen-bond acceptors (Lipinski definition) is 4. The van der Waals surface area contributed by atoms with E-state index in [-0.39, 0.29) is 5.92 Å². The molecular formula is C14H20N4O. The summed E-state index contributed by atoms with van der Waals surface area (Å²) in [6, 6.07) is 7.87. The van der Waals surface area contributed by atoms with Crippen LogP contribution in [0.15, 0.2) is 24.3 Å². The van der Waals surface area contributed by atoms with Crippen molar-refractivity contribution in [2.45, 2.75) is 39.5 Å². The molecular weight excluding hydrogens is 240 g/mol. The fraction of sp³-hybridized carbons (Fsp3) is 0.500. The first-order chi connectivity index (χ1) is 9.22. The van der Waals surface area contributed by atoms with Crippen molar-refractivity contribution in [1.29, 1.82) is 0 Å². The molecule has 0 saturated heterocycles. The molecule has 1 aromatic carbocycles. The van der Waals surface area contributed by atoms with Crippen molar-refractivity contribution in [2.75, 3.05) is 6.61 Å². The van der Waals surface area contributed by atoms with E-state index in [1.807, 2.05) is 24.3 Å². The minimum absolute atomic E-state index is 0.277. The minimum atomic E-state index is 0.277. The van der Waals surface area contributed by atoms with Gasteiger partial charge in [-0.2, -0.15) is 4.68 Å². The first-order valence-corrected chi connectivity index (χ1v) is 6.74. The molecule has 5 nitrogen and oxygen atoms in total. The molecule has 2 aromatic rings. The van der Waals surface area contributed by atoms with Crippen LogP contribution in [0, 0.1) is 0 Å². The van der Waals surface area contributed by atoms with Crippen LogP contribution in [0.5, 0.6) is 5.75 Å². The average Bonchev–Trinajstić information content (AvgIpc) is 2.89. The first kappa shape index (κ1) is 13.5. The van der Waals surface area contributed by atoms with Gasteiger partial charge in [0.05, 0.1) is 12.3 Å². The zero-order valence-corrected chi connectivity index (χ0v) is 11.7. The lowest BCUT2D eigenvalue weighted by Gasteiger charge is -2.09. The summed E-state index contributed by atoms with van der Waals surface area (Å²) in [5, 5.41) is 11.9. The van der Waals surface area contributed by atoms with Crippen molar-refractivity contribution < 1.29 is 4.74 Å². The molecule has 0 radical (unpaired) electrons. The Morgan fingerprint density at radius 1 is 1.32 bits per heavy atom. The molecule has 1 heterocycles. The average molecular weight is 260 g/mol. The smallest absolute Gasteiger partial charge is 0.159 e. The molecule has 0 N–H and O–H groups in total. The van der Waals surface area contributed by atoms with Gasteiger partial charge in [0.1, 0.15) is 5.75 Å². The van der Waals surface area contributed by atoms with Gasteiger partial charge in [-0.15, -0.1) is 5.10 Å². The number of rotatable bonds is 6. The number of ether oxygens (including phenoxy) is 1. The van der Waals surface area contributed by atoms with Gasteiger partial charge in [-0.25, -0.2) is 0 Å². The Hall–Kier alpha value is -1.91. The summed E-state index contributed by atoms with van der Waals surface area (Å²) < 4.78 is 7.46. The van der Waals surface area contributed by atoms with Crippen LogP contribution in [0.2, 0.25) is 0 Å². The van der Waals surface area contributed by atoms with Crippen molar-refractivity contribution in [3.05, 3.63) is 30.1 Å². The zero-order valence-electron chi connectivity index (χ0n) is 11.7. The second kappa shape index (κ2) is 6.31. The molecule has 0 spiro atoms. The van der Waals surface area contributed by atoms with Gasteiger partial charge in [0.15, 0.2) is 5.82 Å². The normalized spacial score (nSPS) is 10.9. The quantitative estimate of drug-likeness (QED) is 0.749. The third kappa shape index (κ3) is 3.30. The van der Waals surface area contributed by atoms with Crippen molar-refractivity contribution in [3.8, 4) is 11.4 Å². The van der Waals surface area contributed by atoms with Crippen molar-refractivity contribution >= 4 is 0 Å². The number of tetrazole rings is 1. The largest absolute Gasteiger partial charge is 0.494 e. The lowest BCUT2D eigenvalue weighted by molar-refractivity contribution is 0.309. The van der Waals surface area contributed by atoms with Crippen LogP contribution in [-0.4, -0.2) is 26.8 Å². The molecule has 0 atom stereocenters. The van der Waals surface area contributed by atoms with Gasteiger partial charge in [-0.05, 0) is 29.0 Å². The van der Waals surface area contributed by atoms with Crippen LogP contribution in [0.25, 0.3) is 5.69 Å². The van der Waals surface area contributed by atoms with Gasteiger partial charge in [0, 0.05) is 12.0 Å². The maximum atomic E-state index is 5.70. The summed E-state index contributed by atoms with van der Waals surface area (Å²) >= 11 is 0. The van der Waals surface area contributed by atoms with E-state index in [9.17, 15) is 0 Å². The zero-order chi connectivity index (χ0) is 13.7. The first-order valence-electron chi connectivity index (χ1n) is 6.74. The van der Waals surface area contributed by atoms with Gasteiger partial charge in [-0.1, -0.05) is 33.3 Å². The fourth-order valence-corrected chi connectivity index (χ4v) is 1.78. The molecule has 2 rings (SSSR count).